The Morgan fingerprint density at radius 2 is 2.05 bits per heavy atom. The van der Waals surface area contributed by atoms with Gasteiger partial charge in [-0.25, -0.2) is 0 Å². The quantitative estimate of drug-likeness (QED) is 0.134. The molecule has 6 rings (SSSR count). The SMILES string of the molecule is COc1cc(C(=O)N2CCC[C@@H](C)C2)cc2sc(-c3cc4ccccc4n3CC3CC3)c(CCN=[N+]=[N-])c12. The lowest BCUT2D eigenvalue weighted by Gasteiger charge is -2.31. The molecule has 1 aliphatic carbocycles. The summed E-state index contributed by atoms with van der Waals surface area (Å²) < 4.78 is 9.41. The fraction of sp³-hybridized carbons (Fsp3) is 0.433. The van der Waals surface area contributed by atoms with Crippen LogP contribution in [0.15, 0.2) is 47.6 Å². The molecule has 1 atom stereocenters. The minimum absolute atomic E-state index is 0.0742. The Kier molecular flexibility index (Phi) is 6.76. The van der Waals surface area contributed by atoms with Gasteiger partial charge in [0.15, 0.2) is 0 Å². The number of azide groups is 1. The van der Waals surface area contributed by atoms with Crippen molar-refractivity contribution >= 4 is 38.2 Å². The molecule has 8 heteroatoms. The lowest BCUT2D eigenvalue weighted by atomic mass is 9.99. The van der Waals surface area contributed by atoms with Gasteiger partial charge in [-0.15, -0.1) is 11.3 Å². The highest BCUT2D eigenvalue weighted by Crippen LogP contribution is 2.46. The van der Waals surface area contributed by atoms with Crippen LogP contribution in [0.3, 0.4) is 0 Å². The largest absolute Gasteiger partial charge is 0.496 e. The zero-order valence-corrected chi connectivity index (χ0v) is 22.8. The van der Waals surface area contributed by atoms with Gasteiger partial charge < -0.3 is 14.2 Å². The van der Waals surface area contributed by atoms with Crippen molar-refractivity contribution in [3.8, 4) is 16.3 Å². The van der Waals surface area contributed by atoms with E-state index in [2.05, 4.69) is 51.8 Å². The molecule has 1 aliphatic heterocycles. The molecule has 1 saturated carbocycles. The van der Waals surface area contributed by atoms with E-state index in [0.717, 1.165) is 47.6 Å². The molecule has 0 radical (unpaired) electrons. The van der Waals surface area contributed by atoms with Gasteiger partial charge in [0.25, 0.3) is 5.91 Å². The van der Waals surface area contributed by atoms with E-state index in [0.29, 0.717) is 30.2 Å². The normalized spacial score (nSPS) is 17.6. The van der Waals surface area contributed by atoms with Crippen LogP contribution in [0, 0.1) is 11.8 Å². The molecule has 2 fully saturated rings. The molecule has 38 heavy (non-hydrogen) atoms. The molecule has 7 nitrogen and oxygen atoms in total. The number of rotatable bonds is 8. The minimum atomic E-state index is 0.0742. The highest BCUT2D eigenvalue weighted by atomic mass is 32.1. The number of para-hydroxylation sites is 1. The van der Waals surface area contributed by atoms with Gasteiger partial charge in [-0.1, -0.05) is 30.2 Å². The number of methoxy groups -OCH3 is 1. The van der Waals surface area contributed by atoms with Crippen LogP contribution in [0.4, 0.5) is 0 Å². The molecule has 0 bridgehead atoms. The highest BCUT2D eigenvalue weighted by Gasteiger charge is 2.28. The third-order valence-corrected chi connectivity index (χ3v) is 9.17. The Morgan fingerprint density at radius 3 is 2.82 bits per heavy atom. The van der Waals surface area contributed by atoms with Crippen molar-refractivity contribution < 1.29 is 9.53 Å². The molecular formula is C30H33N5O2S. The number of carbonyl (C=O) groups excluding carboxylic acids is 1. The van der Waals surface area contributed by atoms with Crippen molar-refractivity contribution in [3.63, 3.8) is 0 Å². The van der Waals surface area contributed by atoms with Gasteiger partial charge in [-0.3, -0.25) is 4.79 Å². The van der Waals surface area contributed by atoms with Crippen LogP contribution in [-0.2, 0) is 13.0 Å². The van der Waals surface area contributed by atoms with Crippen LogP contribution in [0.1, 0.15) is 48.5 Å². The number of amides is 1. The predicted octanol–water partition coefficient (Wildman–Crippen LogP) is 7.67. The van der Waals surface area contributed by atoms with Crippen LogP contribution >= 0.6 is 11.3 Å². The summed E-state index contributed by atoms with van der Waals surface area (Å²) in [5, 5.41) is 6.10. The van der Waals surface area contributed by atoms with Gasteiger partial charge >= 0.3 is 0 Å². The second-order valence-corrected chi connectivity index (χ2v) is 11.9. The van der Waals surface area contributed by atoms with Crippen molar-refractivity contribution in [2.24, 2.45) is 17.0 Å². The number of hydrogen-bond acceptors (Lipinski definition) is 4. The number of ether oxygens (including phenoxy) is 1. The Balaban J connectivity index is 1.52. The summed E-state index contributed by atoms with van der Waals surface area (Å²) in [6.07, 6.45) is 5.37. The molecule has 2 aromatic heterocycles. The van der Waals surface area contributed by atoms with E-state index in [4.69, 9.17) is 10.3 Å². The van der Waals surface area contributed by atoms with E-state index in [1.807, 2.05) is 17.0 Å². The lowest BCUT2D eigenvalue weighted by Crippen LogP contribution is -2.39. The van der Waals surface area contributed by atoms with E-state index >= 15 is 0 Å². The number of piperidine rings is 1. The summed E-state index contributed by atoms with van der Waals surface area (Å²) in [5.41, 5.74) is 13.2. The van der Waals surface area contributed by atoms with Crippen LogP contribution in [0.5, 0.6) is 5.75 Å². The number of carbonyl (C=O) groups is 1. The zero-order chi connectivity index (χ0) is 26.2. The number of aromatic nitrogens is 1. The van der Waals surface area contributed by atoms with Crippen LogP contribution in [0.25, 0.3) is 42.0 Å². The van der Waals surface area contributed by atoms with Gasteiger partial charge in [0.2, 0.25) is 0 Å². The number of likely N-dealkylation sites (tertiary alicyclic amines) is 1. The highest BCUT2D eigenvalue weighted by molar-refractivity contribution is 7.22. The average Bonchev–Trinajstić information content (AvgIpc) is 3.58. The van der Waals surface area contributed by atoms with Crippen LogP contribution < -0.4 is 4.74 Å². The predicted molar refractivity (Wildman–Crippen MR) is 154 cm³/mol. The van der Waals surface area contributed by atoms with Gasteiger partial charge in [0, 0.05) is 57.6 Å². The third-order valence-electron chi connectivity index (χ3n) is 7.97. The molecule has 3 heterocycles. The number of benzene rings is 2. The van der Waals surface area contributed by atoms with Gasteiger partial charge in [0.1, 0.15) is 5.75 Å². The summed E-state index contributed by atoms with van der Waals surface area (Å²) in [6.45, 7) is 5.19. The lowest BCUT2D eigenvalue weighted by molar-refractivity contribution is 0.0683. The summed E-state index contributed by atoms with van der Waals surface area (Å²) in [4.78, 5) is 19.7. The molecule has 196 valence electrons. The topological polar surface area (TPSA) is 83.2 Å². The van der Waals surface area contributed by atoms with Crippen molar-refractivity contribution in [3.05, 3.63) is 64.0 Å². The Morgan fingerprint density at radius 1 is 1.21 bits per heavy atom. The number of thiophene rings is 1. The number of nitrogens with zero attached hydrogens (tertiary/aromatic N) is 5. The smallest absolute Gasteiger partial charge is 0.254 e. The number of hydrogen-bond donors (Lipinski definition) is 0. The van der Waals surface area contributed by atoms with Gasteiger partial charge in [-0.2, -0.15) is 0 Å². The molecule has 1 saturated heterocycles. The first-order valence-corrected chi connectivity index (χ1v) is 14.4. The van der Waals surface area contributed by atoms with E-state index in [1.54, 1.807) is 18.4 Å². The first-order chi connectivity index (χ1) is 18.6. The summed E-state index contributed by atoms with van der Waals surface area (Å²) in [6, 6.07) is 14.8. The summed E-state index contributed by atoms with van der Waals surface area (Å²) in [5.74, 6) is 2.02. The number of fused-ring (bicyclic) bond motifs is 2. The van der Waals surface area contributed by atoms with E-state index < -0.39 is 0 Å². The maximum Gasteiger partial charge on any atom is 0.254 e. The first-order valence-electron chi connectivity index (χ1n) is 13.6. The maximum absolute atomic E-state index is 13.5. The molecular weight excluding hydrogens is 494 g/mol. The van der Waals surface area contributed by atoms with Crippen molar-refractivity contribution in [1.29, 1.82) is 0 Å². The van der Waals surface area contributed by atoms with E-state index in [1.165, 1.54) is 40.7 Å². The standard InChI is InChI=1S/C30H33N5O2S/c1-19-6-5-13-34(17-19)30(36)22-15-26(37-2)28-23(11-12-32-33-31)29(38-27(28)16-22)25-14-21-7-3-4-8-24(21)35(25)18-20-9-10-20/h3-4,7-8,14-16,19-20H,5-6,9-13,17-18H2,1-2H3/t19-/m1/s1. The Bertz CT molecular complexity index is 1560. The molecule has 2 aromatic carbocycles. The molecule has 4 aromatic rings. The Labute approximate surface area is 226 Å². The molecule has 2 aliphatic rings. The molecule has 1 amide bonds. The van der Waals surface area contributed by atoms with Gasteiger partial charge in [-0.05, 0) is 79.3 Å². The van der Waals surface area contributed by atoms with Crippen molar-refractivity contribution in [1.82, 2.24) is 9.47 Å². The Hall–Kier alpha value is -3.48. The zero-order valence-electron chi connectivity index (χ0n) is 22.0. The third kappa shape index (κ3) is 4.63. The monoisotopic (exact) mass is 527 g/mol. The van der Waals surface area contributed by atoms with Crippen molar-refractivity contribution in [2.75, 3.05) is 26.7 Å². The van der Waals surface area contributed by atoms with Crippen LogP contribution in [-0.4, -0.2) is 42.1 Å². The fourth-order valence-electron chi connectivity index (χ4n) is 5.90. The van der Waals surface area contributed by atoms with E-state index in [-0.39, 0.29) is 5.91 Å². The molecule has 0 spiro atoms. The van der Waals surface area contributed by atoms with E-state index in [9.17, 15) is 4.79 Å². The minimum Gasteiger partial charge on any atom is -0.496 e. The van der Waals surface area contributed by atoms with Gasteiger partial charge in [0.05, 0.1) is 17.7 Å². The average molecular weight is 528 g/mol. The maximum atomic E-state index is 13.5. The molecule has 0 unspecified atom stereocenters. The second-order valence-electron chi connectivity index (χ2n) is 10.8. The first kappa shape index (κ1) is 24.8. The fourth-order valence-corrected chi connectivity index (χ4v) is 7.23. The second kappa shape index (κ2) is 10.4. The van der Waals surface area contributed by atoms with Crippen molar-refractivity contribution in [2.45, 2.75) is 45.6 Å². The molecule has 0 N–H and O–H groups in total. The van der Waals surface area contributed by atoms with Crippen LogP contribution in [0.2, 0.25) is 0 Å². The summed E-state index contributed by atoms with van der Waals surface area (Å²) in [7, 11) is 1.67. The summed E-state index contributed by atoms with van der Waals surface area (Å²) >= 11 is 1.71.